The third kappa shape index (κ3) is 7.06. The molecule has 8 heteroatoms. The number of nitrogens with zero attached hydrogens (tertiary/aromatic N) is 1. The van der Waals surface area contributed by atoms with Gasteiger partial charge in [0.1, 0.15) is 13.2 Å². The van der Waals surface area contributed by atoms with Crippen molar-refractivity contribution >= 4 is 22.9 Å². The predicted molar refractivity (Wildman–Crippen MR) is 146 cm³/mol. The summed E-state index contributed by atoms with van der Waals surface area (Å²) in [6.45, 7) is 2.96. The third-order valence-electron chi connectivity index (χ3n) is 6.14. The van der Waals surface area contributed by atoms with Gasteiger partial charge in [-0.2, -0.15) is 0 Å². The first kappa shape index (κ1) is 26.6. The number of hydrogen-bond acceptors (Lipinski definition) is 5. The van der Waals surface area contributed by atoms with E-state index in [-0.39, 0.29) is 19.2 Å². The van der Waals surface area contributed by atoms with E-state index >= 15 is 0 Å². The van der Waals surface area contributed by atoms with Gasteiger partial charge in [0.05, 0.1) is 13.7 Å². The van der Waals surface area contributed by atoms with Crippen LogP contribution in [-0.2, 0) is 29.1 Å². The van der Waals surface area contributed by atoms with Crippen LogP contribution in [0.4, 0.5) is 4.79 Å². The van der Waals surface area contributed by atoms with Crippen molar-refractivity contribution in [2.45, 2.75) is 26.5 Å². The molecule has 0 atom stereocenters. The molecule has 1 heterocycles. The maximum absolute atomic E-state index is 13.1. The lowest BCUT2D eigenvalue weighted by Crippen LogP contribution is -2.42. The van der Waals surface area contributed by atoms with Gasteiger partial charge in [-0.15, -0.1) is 0 Å². The highest BCUT2D eigenvalue weighted by Gasteiger charge is 2.18. The summed E-state index contributed by atoms with van der Waals surface area (Å²) in [5.74, 6) is 0.734. The second-order valence-electron chi connectivity index (χ2n) is 8.75. The Bertz CT molecular complexity index is 1350. The van der Waals surface area contributed by atoms with Crippen LogP contribution in [0.5, 0.6) is 11.5 Å². The highest BCUT2D eigenvalue weighted by atomic mass is 16.5. The molecule has 0 radical (unpaired) electrons. The normalized spacial score (nSPS) is 10.7. The van der Waals surface area contributed by atoms with Gasteiger partial charge in [-0.3, -0.25) is 4.79 Å². The zero-order valence-corrected chi connectivity index (χ0v) is 21.7. The number of rotatable bonds is 12. The van der Waals surface area contributed by atoms with Gasteiger partial charge in [0.25, 0.3) is 0 Å². The topological polar surface area (TPSA) is 92.9 Å². The van der Waals surface area contributed by atoms with E-state index in [9.17, 15) is 9.59 Å². The minimum Gasteiger partial charge on any atom is -0.493 e. The highest BCUT2D eigenvalue weighted by Crippen LogP contribution is 2.29. The lowest BCUT2D eigenvalue weighted by molar-refractivity contribution is -0.141. The summed E-state index contributed by atoms with van der Waals surface area (Å²) in [6.07, 6.45) is 2.62. The van der Waals surface area contributed by atoms with E-state index in [0.29, 0.717) is 37.6 Å². The summed E-state index contributed by atoms with van der Waals surface area (Å²) >= 11 is 0. The molecule has 3 aromatic carbocycles. The molecule has 0 aliphatic heterocycles. The lowest BCUT2D eigenvalue weighted by atomic mass is 10.1. The summed E-state index contributed by atoms with van der Waals surface area (Å²) < 4.78 is 16.5. The molecular weight excluding hydrogens is 482 g/mol. The molecule has 0 fully saturated rings. The van der Waals surface area contributed by atoms with Gasteiger partial charge in [-0.25, -0.2) is 4.79 Å². The van der Waals surface area contributed by atoms with Crippen LogP contribution in [0.15, 0.2) is 79.0 Å². The van der Waals surface area contributed by atoms with E-state index in [1.807, 2.05) is 72.9 Å². The molecule has 8 nitrogen and oxygen atoms in total. The zero-order valence-electron chi connectivity index (χ0n) is 21.7. The molecule has 0 saturated carbocycles. The third-order valence-corrected chi connectivity index (χ3v) is 6.14. The van der Waals surface area contributed by atoms with Gasteiger partial charge in [0.2, 0.25) is 0 Å². The maximum Gasteiger partial charge on any atom is 0.325 e. The van der Waals surface area contributed by atoms with Gasteiger partial charge < -0.3 is 29.4 Å². The van der Waals surface area contributed by atoms with Gasteiger partial charge in [-0.05, 0) is 48.2 Å². The minimum absolute atomic E-state index is 0.190. The minimum atomic E-state index is -0.474. The Kier molecular flexibility index (Phi) is 9.23. The molecule has 1 aromatic heterocycles. The van der Waals surface area contributed by atoms with Crippen molar-refractivity contribution in [1.29, 1.82) is 0 Å². The Balaban J connectivity index is 1.50. The zero-order chi connectivity index (χ0) is 26.7. The fraction of sp³-hybridized carbons (Fsp3) is 0.267. The van der Waals surface area contributed by atoms with Gasteiger partial charge in [0, 0.05) is 30.2 Å². The number of ether oxygens (including phenoxy) is 3. The van der Waals surface area contributed by atoms with Crippen molar-refractivity contribution in [3.63, 3.8) is 0 Å². The first-order valence-electron chi connectivity index (χ1n) is 12.6. The second-order valence-corrected chi connectivity index (χ2v) is 8.75. The molecule has 0 spiro atoms. The van der Waals surface area contributed by atoms with E-state index in [1.165, 1.54) is 0 Å². The van der Waals surface area contributed by atoms with E-state index < -0.39 is 5.97 Å². The summed E-state index contributed by atoms with van der Waals surface area (Å²) in [5, 5.41) is 3.81. The number of carbonyl (C=O) groups is 2. The van der Waals surface area contributed by atoms with Crippen LogP contribution in [0.25, 0.3) is 10.9 Å². The quantitative estimate of drug-likeness (QED) is 0.257. The number of carbonyl (C=O) groups excluding carboxylic acids is 2. The van der Waals surface area contributed by atoms with Crippen molar-refractivity contribution in [2.75, 3.05) is 26.8 Å². The number of aromatic nitrogens is 1. The van der Waals surface area contributed by atoms with Crippen LogP contribution in [0.3, 0.4) is 0 Å². The average Bonchev–Trinajstić information content (AvgIpc) is 3.36. The fourth-order valence-electron chi connectivity index (χ4n) is 4.21. The Morgan fingerprint density at radius 3 is 2.53 bits per heavy atom. The van der Waals surface area contributed by atoms with Crippen LogP contribution in [-0.4, -0.2) is 48.7 Å². The van der Waals surface area contributed by atoms with Crippen molar-refractivity contribution in [3.05, 3.63) is 95.7 Å². The van der Waals surface area contributed by atoms with Crippen molar-refractivity contribution in [3.8, 4) is 11.5 Å². The molecular formula is C30H33N3O5. The number of amides is 2. The van der Waals surface area contributed by atoms with E-state index in [2.05, 4.69) is 16.4 Å². The number of methoxy groups -OCH3 is 1. The van der Waals surface area contributed by atoms with E-state index in [1.54, 1.807) is 18.9 Å². The Labute approximate surface area is 222 Å². The smallest absolute Gasteiger partial charge is 0.325 e. The van der Waals surface area contributed by atoms with Gasteiger partial charge in [0.15, 0.2) is 11.5 Å². The average molecular weight is 516 g/mol. The highest BCUT2D eigenvalue weighted by molar-refractivity contribution is 5.83. The molecule has 2 N–H and O–H groups in total. The monoisotopic (exact) mass is 515 g/mol. The number of urea groups is 1. The number of H-pyrrole nitrogens is 1. The van der Waals surface area contributed by atoms with Crippen LogP contribution in [0.1, 0.15) is 23.6 Å². The van der Waals surface area contributed by atoms with Gasteiger partial charge in [-0.1, -0.05) is 54.6 Å². The van der Waals surface area contributed by atoms with E-state index in [0.717, 1.165) is 27.6 Å². The number of esters is 1. The van der Waals surface area contributed by atoms with Crippen molar-refractivity contribution in [1.82, 2.24) is 15.2 Å². The number of benzene rings is 3. The molecule has 0 unspecified atom stereocenters. The van der Waals surface area contributed by atoms with Crippen molar-refractivity contribution < 1.29 is 23.8 Å². The van der Waals surface area contributed by atoms with Crippen molar-refractivity contribution in [2.24, 2.45) is 0 Å². The lowest BCUT2D eigenvalue weighted by Gasteiger charge is -2.24. The van der Waals surface area contributed by atoms with Crippen LogP contribution in [0.2, 0.25) is 0 Å². The number of fused-ring (bicyclic) bond motifs is 1. The largest absolute Gasteiger partial charge is 0.493 e. The van der Waals surface area contributed by atoms with E-state index in [4.69, 9.17) is 14.2 Å². The molecule has 4 rings (SSSR count). The molecule has 198 valence electrons. The Morgan fingerprint density at radius 1 is 0.947 bits per heavy atom. The molecule has 4 aromatic rings. The number of nitrogens with one attached hydrogen (secondary N) is 2. The summed E-state index contributed by atoms with van der Waals surface area (Å²) in [6, 6.07) is 23.2. The fourth-order valence-corrected chi connectivity index (χ4v) is 4.21. The first-order valence-corrected chi connectivity index (χ1v) is 12.6. The standard InChI is InChI=1S/C30H33N3O5/c1-3-37-29(34)19-32-30(35)33(16-15-24-18-31-26-12-8-7-11-25(24)26)20-23-13-14-27(36-2)28(17-23)38-21-22-9-5-4-6-10-22/h4-14,17-18,31H,3,15-16,19-21H2,1-2H3,(H,32,35). The summed E-state index contributed by atoms with van der Waals surface area (Å²) in [7, 11) is 1.60. The van der Waals surface area contributed by atoms with Crippen LogP contribution >= 0.6 is 0 Å². The molecule has 0 bridgehead atoms. The Hall–Kier alpha value is -4.46. The first-order chi connectivity index (χ1) is 18.6. The molecule has 2 amide bonds. The summed E-state index contributed by atoms with van der Waals surface area (Å²) in [5.41, 5.74) is 4.08. The SMILES string of the molecule is CCOC(=O)CNC(=O)N(CCc1c[nH]c2ccccc12)Cc1ccc(OC)c(OCc2ccccc2)c1. The molecule has 0 aliphatic rings. The van der Waals surface area contributed by atoms with Crippen LogP contribution < -0.4 is 14.8 Å². The number of aromatic amines is 1. The van der Waals surface area contributed by atoms with Crippen LogP contribution in [0, 0.1) is 0 Å². The number of para-hydroxylation sites is 1. The molecule has 0 saturated heterocycles. The molecule has 0 aliphatic carbocycles. The number of hydrogen-bond donors (Lipinski definition) is 2. The summed E-state index contributed by atoms with van der Waals surface area (Å²) in [4.78, 5) is 29.9. The van der Waals surface area contributed by atoms with Gasteiger partial charge >= 0.3 is 12.0 Å². The Morgan fingerprint density at radius 2 is 1.74 bits per heavy atom. The second kappa shape index (κ2) is 13.2. The predicted octanol–water partition coefficient (Wildman–Crippen LogP) is 5.07. The maximum atomic E-state index is 13.1. The molecule has 38 heavy (non-hydrogen) atoms.